The van der Waals surface area contributed by atoms with Crippen molar-refractivity contribution in [2.24, 2.45) is 5.92 Å². The molecule has 20 nitrogen and oxygen atoms in total. The predicted octanol–water partition coefficient (Wildman–Crippen LogP) is 3.10. The Balaban J connectivity index is 1.36. The molecule has 4 fully saturated rings. The first kappa shape index (κ1) is 65.7. The van der Waals surface area contributed by atoms with Gasteiger partial charge in [0.1, 0.15) is 91.6 Å². The maximum absolute atomic E-state index is 11.6. The summed E-state index contributed by atoms with van der Waals surface area (Å²) in [5.41, 5.74) is 0. The molecular formula is C54H102O20. The van der Waals surface area contributed by atoms with E-state index in [4.69, 9.17) is 37.9 Å². The highest BCUT2D eigenvalue weighted by molar-refractivity contribution is 4.96. The molecule has 4 heterocycles. The van der Waals surface area contributed by atoms with Gasteiger partial charge < -0.3 is 99.2 Å². The molecule has 4 saturated heterocycles. The third-order valence-electron chi connectivity index (χ3n) is 15.5. The van der Waals surface area contributed by atoms with E-state index in [1.165, 1.54) is 135 Å². The maximum atomic E-state index is 11.6. The zero-order chi connectivity index (χ0) is 54.0. The van der Waals surface area contributed by atoms with Crippen molar-refractivity contribution < 1.29 is 99.2 Å². The molecule has 0 aromatic carbocycles. The zero-order valence-electron chi connectivity index (χ0n) is 45.0. The molecule has 74 heavy (non-hydrogen) atoms. The van der Waals surface area contributed by atoms with Gasteiger partial charge in [-0.15, -0.1) is 0 Å². The predicted molar refractivity (Wildman–Crippen MR) is 271 cm³/mol. The van der Waals surface area contributed by atoms with Crippen molar-refractivity contribution in [2.45, 2.75) is 311 Å². The molecule has 4 aliphatic heterocycles. The fraction of sp³-hybridized carbons (Fsp3) is 1.00. The average Bonchev–Trinajstić information content (AvgIpc) is 3.39. The summed E-state index contributed by atoms with van der Waals surface area (Å²) in [6.45, 7) is 4.19. The zero-order valence-corrected chi connectivity index (χ0v) is 45.0. The van der Waals surface area contributed by atoms with E-state index in [9.17, 15) is 61.3 Å². The Labute approximate surface area is 440 Å². The van der Waals surface area contributed by atoms with E-state index < -0.39 is 143 Å². The summed E-state index contributed by atoms with van der Waals surface area (Å²) in [5.74, 6) is 0.172. The van der Waals surface area contributed by atoms with Crippen LogP contribution in [0.25, 0.3) is 0 Å². The van der Waals surface area contributed by atoms with Crippen LogP contribution in [0, 0.1) is 5.92 Å². The van der Waals surface area contributed by atoms with Crippen LogP contribution in [0.1, 0.15) is 188 Å². The Bertz CT molecular complexity index is 1380. The van der Waals surface area contributed by atoms with E-state index in [0.29, 0.717) is 0 Å². The SMILES string of the molecule is CCCCCCCCCCCCCCC(CCCCCCCCCCCCCC)CO[C@@H]1O[C@H](CO[C@@H]2O[C@H](CO[C@@H]3O[C@H](CO)[C@H](O)[C@H](O)[C@H]3O)[C@H](O)[C@H](O[C@@H]3O[C@@H](C)[C@@H](O)[C@@H](O)[C@@H]3O)[C@H]2O)[C@H](O)[C@H](O)[C@H]1O. The van der Waals surface area contributed by atoms with Gasteiger partial charge in [-0.1, -0.05) is 168 Å². The highest BCUT2D eigenvalue weighted by Gasteiger charge is 2.53. The lowest BCUT2D eigenvalue weighted by Crippen LogP contribution is -2.65. The molecule has 0 unspecified atom stereocenters. The van der Waals surface area contributed by atoms with Crippen molar-refractivity contribution in [3.63, 3.8) is 0 Å². The second-order valence-electron chi connectivity index (χ2n) is 21.7. The van der Waals surface area contributed by atoms with Crippen LogP contribution in [-0.2, 0) is 37.9 Å². The van der Waals surface area contributed by atoms with Gasteiger partial charge in [0, 0.05) is 0 Å². The van der Waals surface area contributed by atoms with Gasteiger partial charge >= 0.3 is 0 Å². The first-order valence-electron chi connectivity index (χ1n) is 28.9. The largest absolute Gasteiger partial charge is 0.394 e. The van der Waals surface area contributed by atoms with Crippen LogP contribution in [0.15, 0.2) is 0 Å². The first-order chi connectivity index (χ1) is 35.6. The minimum Gasteiger partial charge on any atom is -0.394 e. The van der Waals surface area contributed by atoms with E-state index in [1.54, 1.807) is 0 Å². The molecule has 0 bridgehead atoms. The van der Waals surface area contributed by atoms with Crippen molar-refractivity contribution in [1.29, 1.82) is 0 Å². The minimum atomic E-state index is -1.88. The second kappa shape index (κ2) is 36.5. The number of rotatable bonds is 38. The smallest absolute Gasteiger partial charge is 0.187 e. The van der Waals surface area contributed by atoms with Gasteiger partial charge in [-0.05, 0) is 25.7 Å². The van der Waals surface area contributed by atoms with Crippen LogP contribution in [-0.4, -0.2) is 211 Å². The molecule has 20 atom stereocenters. The maximum Gasteiger partial charge on any atom is 0.187 e. The number of aliphatic hydroxyl groups is 12. The van der Waals surface area contributed by atoms with Gasteiger partial charge in [-0.3, -0.25) is 0 Å². The van der Waals surface area contributed by atoms with E-state index in [0.717, 1.165) is 38.5 Å². The number of ether oxygens (including phenoxy) is 8. The lowest BCUT2D eigenvalue weighted by Gasteiger charge is -2.47. The monoisotopic (exact) mass is 1070 g/mol. The Kier molecular flexibility index (Phi) is 32.4. The Hall–Kier alpha value is -0.800. The average molecular weight is 1070 g/mol. The first-order valence-corrected chi connectivity index (χ1v) is 28.9. The Morgan fingerprint density at radius 3 is 1.15 bits per heavy atom. The lowest BCUT2D eigenvalue weighted by atomic mass is 9.94. The Morgan fingerprint density at radius 2 is 0.703 bits per heavy atom. The third kappa shape index (κ3) is 21.3. The van der Waals surface area contributed by atoms with Gasteiger partial charge in [-0.2, -0.15) is 0 Å². The summed E-state index contributed by atoms with van der Waals surface area (Å²) in [6.07, 6.45) is -0.501. The normalized spacial score (nSPS) is 37.0. The van der Waals surface area contributed by atoms with E-state index in [1.807, 2.05) is 0 Å². The summed E-state index contributed by atoms with van der Waals surface area (Å²) < 4.78 is 46.6. The summed E-state index contributed by atoms with van der Waals surface area (Å²) in [7, 11) is 0. The van der Waals surface area contributed by atoms with Crippen molar-refractivity contribution in [2.75, 3.05) is 26.4 Å². The molecule has 20 heteroatoms. The molecule has 0 aromatic heterocycles. The van der Waals surface area contributed by atoms with Crippen LogP contribution in [0.5, 0.6) is 0 Å². The molecule has 0 spiro atoms. The summed E-state index contributed by atoms with van der Waals surface area (Å²) in [4.78, 5) is 0. The van der Waals surface area contributed by atoms with Crippen LogP contribution in [0.2, 0.25) is 0 Å². The highest BCUT2D eigenvalue weighted by atomic mass is 16.8. The molecule has 438 valence electrons. The number of aliphatic hydroxyl groups excluding tert-OH is 12. The van der Waals surface area contributed by atoms with Crippen LogP contribution < -0.4 is 0 Å². The van der Waals surface area contributed by atoms with Crippen LogP contribution >= 0.6 is 0 Å². The number of unbranched alkanes of at least 4 members (excludes halogenated alkanes) is 22. The third-order valence-corrected chi connectivity index (χ3v) is 15.5. The van der Waals surface area contributed by atoms with Crippen molar-refractivity contribution in [3.8, 4) is 0 Å². The van der Waals surface area contributed by atoms with Crippen molar-refractivity contribution >= 4 is 0 Å². The lowest BCUT2D eigenvalue weighted by molar-refractivity contribution is -0.369. The van der Waals surface area contributed by atoms with Gasteiger partial charge in [0.15, 0.2) is 25.2 Å². The van der Waals surface area contributed by atoms with Crippen LogP contribution in [0.3, 0.4) is 0 Å². The van der Waals surface area contributed by atoms with Crippen molar-refractivity contribution in [1.82, 2.24) is 0 Å². The quantitative estimate of drug-likeness (QED) is 0.0395. The second-order valence-corrected chi connectivity index (χ2v) is 21.7. The minimum absolute atomic E-state index is 0.172. The van der Waals surface area contributed by atoms with E-state index in [-0.39, 0.29) is 12.5 Å². The summed E-state index contributed by atoms with van der Waals surface area (Å²) in [6, 6.07) is 0. The van der Waals surface area contributed by atoms with Gasteiger partial charge in [-0.25, -0.2) is 0 Å². The molecule has 0 amide bonds. The topological polar surface area (TPSA) is 317 Å². The summed E-state index contributed by atoms with van der Waals surface area (Å²) >= 11 is 0. The number of hydrogen-bond acceptors (Lipinski definition) is 20. The van der Waals surface area contributed by atoms with E-state index in [2.05, 4.69) is 13.8 Å². The highest BCUT2D eigenvalue weighted by Crippen LogP contribution is 2.33. The van der Waals surface area contributed by atoms with Gasteiger partial charge in [0.05, 0.1) is 32.5 Å². The molecule has 0 radical (unpaired) electrons. The standard InChI is InChI=1S/C54H102O20/c1-4-6-8-10-12-14-16-18-20-22-24-26-28-35(29-27-25-23-21-19-17-15-13-11-9-7-5-2)31-67-51-47(64)45(62)41(58)37(72-51)32-69-53-49(66)50(74-54-48(65)43(60)39(56)34(3)70-54)42(59)38(73-53)33-68-52-46(63)44(61)40(57)36(30-55)71-52/h34-66H,4-33H2,1-3H3/t34-,36+,37+,38+,39+,40-,41-,42-,43+,44-,45-,46+,47+,48-,49+,50-,51+,52+,53+,54-/m0/s1. The van der Waals surface area contributed by atoms with Gasteiger partial charge in [0.2, 0.25) is 0 Å². The molecule has 0 aliphatic carbocycles. The molecule has 4 aliphatic rings. The molecule has 0 saturated carbocycles. The Morgan fingerprint density at radius 1 is 0.351 bits per heavy atom. The van der Waals surface area contributed by atoms with Gasteiger partial charge in [0.25, 0.3) is 0 Å². The summed E-state index contributed by atoms with van der Waals surface area (Å²) in [5, 5.41) is 129. The fourth-order valence-electron chi connectivity index (χ4n) is 10.5. The molecule has 4 rings (SSSR count). The number of hydrogen-bond donors (Lipinski definition) is 12. The van der Waals surface area contributed by atoms with Crippen LogP contribution in [0.4, 0.5) is 0 Å². The molecular weight excluding hydrogens is 969 g/mol. The molecule has 12 N–H and O–H groups in total. The van der Waals surface area contributed by atoms with Crippen molar-refractivity contribution in [3.05, 3.63) is 0 Å². The fourth-order valence-corrected chi connectivity index (χ4v) is 10.5. The molecule has 0 aromatic rings. The van der Waals surface area contributed by atoms with E-state index >= 15 is 0 Å².